The molecule has 15 aromatic rings. The van der Waals surface area contributed by atoms with Gasteiger partial charge in [0.15, 0.2) is 17.5 Å². The summed E-state index contributed by atoms with van der Waals surface area (Å²) in [4.78, 5) is 16.1. The zero-order valence-electron chi connectivity index (χ0n) is 40.6. The number of aromatic nitrogens is 3. The summed E-state index contributed by atoms with van der Waals surface area (Å²) >= 11 is 1.78. The molecule has 0 fully saturated rings. The fraction of sp³-hybridized carbons (Fsp3) is 0.0143. The fourth-order valence-electron chi connectivity index (χ4n) is 12.9. The first-order chi connectivity index (χ1) is 37.7. The molecule has 0 amide bonds. The van der Waals surface area contributed by atoms with Crippen LogP contribution in [0.5, 0.6) is 0 Å². The highest BCUT2D eigenvalue weighted by atomic mass is 32.1. The fourth-order valence-corrected chi connectivity index (χ4v) is 14.1. The van der Waals surface area contributed by atoms with Crippen LogP contribution in [0.3, 0.4) is 0 Å². The summed E-state index contributed by atoms with van der Waals surface area (Å²) in [6, 6.07) is 85.0. The summed E-state index contributed by atoms with van der Waals surface area (Å²) < 4.78 is 15.7. The molecule has 0 radical (unpaired) electrons. The van der Waals surface area contributed by atoms with Gasteiger partial charge in [-0.1, -0.05) is 188 Å². The number of rotatable bonds is 5. The van der Waals surface area contributed by atoms with Gasteiger partial charge in [0.2, 0.25) is 0 Å². The predicted octanol–water partition coefficient (Wildman–Crippen LogP) is 18.7. The van der Waals surface area contributed by atoms with Crippen molar-refractivity contribution < 1.29 is 8.83 Å². The number of para-hydroxylation sites is 2. The topological polar surface area (TPSA) is 65.0 Å². The molecule has 2 aliphatic rings. The van der Waals surface area contributed by atoms with E-state index in [4.69, 9.17) is 23.8 Å². The van der Waals surface area contributed by atoms with Crippen LogP contribution in [0.2, 0.25) is 0 Å². The molecule has 0 atom stereocenters. The van der Waals surface area contributed by atoms with E-state index in [2.05, 4.69) is 200 Å². The van der Waals surface area contributed by atoms with Gasteiger partial charge in [-0.15, -0.1) is 11.3 Å². The molecule has 0 unspecified atom stereocenters. The summed E-state index contributed by atoms with van der Waals surface area (Å²) in [5, 5.41) is 6.31. The molecule has 0 saturated heterocycles. The molecule has 5 nitrogen and oxygen atoms in total. The van der Waals surface area contributed by atoms with Crippen molar-refractivity contribution in [3.05, 3.63) is 259 Å². The molecular formula is C70H39N3O2S. The van der Waals surface area contributed by atoms with Crippen LogP contribution in [-0.4, -0.2) is 15.0 Å². The van der Waals surface area contributed by atoms with E-state index in [0.717, 1.165) is 77.1 Å². The van der Waals surface area contributed by atoms with E-state index in [9.17, 15) is 0 Å². The van der Waals surface area contributed by atoms with Crippen LogP contribution in [0, 0.1) is 0 Å². The first kappa shape index (κ1) is 41.7. The average molecular weight is 986 g/mol. The summed E-state index contributed by atoms with van der Waals surface area (Å²) in [7, 11) is 0. The lowest BCUT2D eigenvalue weighted by molar-refractivity contribution is 0.668. The molecule has 0 saturated carbocycles. The summed E-state index contributed by atoms with van der Waals surface area (Å²) in [5.74, 6) is 1.68. The van der Waals surface area contributed by atoms with Crippen LogP contribution in [-0.2, 0) is 5.41 Å². The SMILES string of the molecule is c1ccc2c(c1)-c1ccccc1C21c2ccccc2-c2cc(-c3ccc(-c4ccc5oc6cccc(-c7nc(-c8cccc9c8oc8ccccc89)nc(-c8cccc9sc%10ccccc%10c89)n7)c6c5c4)cc3)ccc21. The molecule has 6 heteroatoms. The number of furan rings is 2. The van der Waals surface area contributed by atoms with Crippen molar-refractivity contribution in [1.82, 2.24) is 15.0 Å². The number of hydrogen-bond acceptors (Lipinski definition) is 6. The molecular weight excluding hydrogens is 947 g/mol. The van der Waals surface area contributed by atoms with E-state index in [1.165, 1.54) is 70.4 Å². The quantitative estimate of drug-likeness (QED) is 0.172. The van der Waals surface area contributed by atoms with E-state index in [0.29, 0.717) is 17.5 Å². The second-order valence-corrected chi connectivity index (χ2v) is 21.2. The van der Waals surface area contributed by atoms with E-state index in [1.807, 2.05) is 36.4 Å². The highest BCUT2D eigenvalue weighted by Crippen LogP contribution is 2.63. The van der Waals surface area contributed by atoms with Crippen LogP contribution in [0.25, 0.3) is 143 Å². The predicted molar refractivity (Wildman–Crippen MR) is 311 cm³/mol. The highest BCUT2D eigenvalue weighted by Gasteiger charge is 2.51. The third-order valence-electron chi connectivity index (χ3n) is 16.2. The Bertz CT molecular complexity index is 4920. The molecule has 76 heavy (non-hydrogen) atoms. The third-order valence-corrected chi connectivity index (χ3v) is 17.3. The zero-order valence-corrected chi connectivity index (χ0v) is 41.4. The van der Waals surface area contributed by atoms with Crippen molar-refractivity contribution >= 4 is 75.4 Å². The van der Waals surface area contributed by atoms with Crippen molar-refractivity contribution in [3.8, 4) is 78.7 Å². The molecule has 4 heterocycles. The molecule has 352 valence electrons. The van der Waals surface area contributed by atoms with Crippen molar-refractivity contribution in [2.75, 3.05) is 0 Å². The largest absolute Gasteiger partial charge is 0.456 e. The maximum Gasteiger partial charge on any atom is 0.167 e. The molecule has 0 bridgehead atoms. The second kappa shape index (κ2) is 15.6. The molecule has 0 N–H and O–H groups in total. The van der Waals surface area contributed by atoms with Gasteiger partial charge < -0.3 is 8.83 Å². The van der Waals surface area contributed by atoms with E-state index < -0.39 is 0 Å². The van der Waals surface area contributed by atoms with Gasteiger partial charge in [0.05, 0.1) is 11.0 Å². The lowest BCUT2D eigenvalue weighted by Crippen LogP contribution is -2.25. The molecule has 4 aromatic heterocycles. The van der Waals surface area contributed by atoms with Gasteiger partial charge in [-0.25, -0.2) is 15.0 Å². The van der Waals surface area contributed by atoms with E-state index in [-0.39, 0.29) is 5.41 Å². The molecule has 0 aliphatic heterocycles. The minimum atomic E-state index is -0.358. The van der Waals surface area contributed by atoms with Crippen LogP contribution in [0.1, 0.15) is 22.3 Å². The summed E-state index contributed by atoms with van der Waals surface area (Å²) in [5.41, 5.74) is 20.5. The van der Waals surface area contributed by atoms with Gasteiger partial charge in [0.25, 0.3) is 0 Å². The smallest absolute Gasteiger partial charge is 0.167 e. The van der Waals surface area contributed by atoms with Crippen LogP contribution >= 0.6 is 11.3 Å². The summed E-state index contributed by atoms with van der Waals surface area (Å²) in [6.07, 6.45) is 0. The Balaban J connectivity index is 0.793. The standard InChI is InChI=1S/C70H39N3O2S/c1-6-23-55-44(14-1)45-15-2-7-24-56(45)70(55)57-25-8-3-16-46(57)53-38-42(34-36-58(53)70)40-30-32-41(33-31-40)43-35-37-60-54(39-43)64-50(20-12-27-61(64)74-60)67-71-68(51-21-13-29-63-65(51)49-18-5-10-28-62(49)76-63)73-69(72-67)52-22-11-19-48-47-17-4-9-26-59(47)75-66(48)52/h1-39H. The van der Waals surface area contributed by atoms with E-state index >= 15 is 0 Å². The van der Waals surface area contributed by atoms with Crippen molar-refractivity contribution in [1.29, 1.82) is 0 Å². The van der Waals surface area contributed by atoms with Gasteiger partial charge in [-0.05, 0) is 115 Å². The maximum absolute atomic E-state index is 6.65. The van der Waals surface area contributed by atoms with Gasteiger partial charge in [-0.3, -0.25) is 0 Å². The van der Waals surface area contributed by atoms with Crippen LogP contribution < -0.4 is 0 Å². The Morgan fingerprint density at radius 2 is 0.763 bits per heavy atom. The maximum atomic E-state index is 6.65. The van der Waals surface area contributed by atoms with Gasteiger partial charge in [0, 0.05) is 52.8 Å². The first-order valence-corrected chi connectivity index (χ1v) is 26.5. The first-order valence-electron chi connectivity index (χ1n) is 25.7. The molecule has 11 aromatic carbocycles. The minimum Gasteiger partial charge on any atom is -0.456 e. The average Bonchev–Trinajstić information content (AvgIpc) is 4.32. The monoisotopic (exact) mass is 985 g/mol. The second-order valence-electron chi connectivity index (χ2n) is 20.1. The Hall–Kier alpha value is -9.75. The van der Waals surface area contributed by atoms with Gasteiger partial charge in [-0.2, -0.15) is 0 Å². The molecule has 1 spiro atoms. The van der Waals surface area contributed by atoms with Crippen molar-refractivity contribution in [2.45, 2.75) is 5.41 Å². The number of benzene rings is 11. The lowest BCUT2D eigenvalue weighted by atomic mass is 9.70. The number of fused-ring (bicyclic) bond motifs is 19. The number of nitrogens with zero attached hydrogens (tertiary/aromatic N) is 3. The van der Waals surface area contributed by atoms with Gasteiger partial charge in [0.1, 0.15) is 22.3 Å². The minimum absolute atomic E-state index is 0.358. The molecule has 17 rings (SSSR count). The lowest BCUT2D eigenvalue weighted by Gasteiger charge is -2.30. The van der Waals surface area contributed by atoms with E-state index in [1.54, 1.807) is 11.3 Å². The van der Waals surface area contributed by atoms with Crippen LogP contribution in [0.15, 0.2) is 245 Å². The Kier molecular flexibility index (Phi) is 8.58. The van der Waals surface area contributed by atoms with Crippen molar-refractivity contribution in [3.63, 3.8) is 0 Å². The molecule has 2 aliphatic carbocycles. The van der Waals surface area contributed by atoms with Crippen LogP contribution in [0.4, 0.5) is 0 Å². The Morgan fingerprint density at radius 3 is 1.50 bits per heavy atom. The number of hydrogen-bond donors (Lipinski definition) is 0. The Labute approximate surface area is 439 Å². The highest BCUT2D eigenvalue weighted by molar-refractivity contribution is 7.25. The Morgan fingerprint density at radius 1 is 0.289 bits per heavy atom. The normalized spacial score (nSPS) is 13.1. The number of thiophene rings is 1. The zero-order chi connectivity index (χ0) is 49.6. The summed E-state index contributed by atoms with van der Waals surface area (Å²) in [6.45, 7) is 0. The van der Waals surface area contributed by atoms with Crippen molar-refractivity contribution in [2.24, 2.45) is 0 Å². The third kappa shape index (κ3) is 5.76. The van der Waals surface area contributed by atoms with Gasteiger partial charge >= 0.3 is 0 Å².